The van der Waals surface area contributed by atoms with Crippen molar-refractivity contribution < 1.29 is 14.3 Å². The van der Waals surface area contributed by atoms with Crippen molar-refractivity contribution in [3.05, 3.63) is 51.5 Å². The first-order chi connectivity index (χ1) is 14.9. The van der Waals surface area contributed by atoms with E-state index in [0.29, 0.717) is 25.1 Å². The maximum Gasteiger partial charge on any atom is 0.323 e. The van der Waals surface area contributed by atoms with E-state index in [4.69, 9.17) is 4.74 Å². The van der Waals surface area contributed by atoms with Crippen LogP contribution in [0.1, 0.15) is 48.8 Å². The van der Waals surface area contributed by atoms with Crippen LogP contribution in [0.5, 0.6) is 5.75 Å². The Labute approximate surface area is 191 Å². The number of fused-ring (bicyclic) bond motifs is 1. The molecule has 0 unspecified atom stereocenters. The van der Waals surface area contributed by atoms with E-state index in [1.54, 1.807) is 12.0 Å². The summed E-state index contributed by atoms with van der Waals surface area (Å²) < 4.78 is 6.40. The molecule has 4 rings (SSSR count). The second-order valence-corrected chi connectivity index (χ2v) is 9.30. The normalized spacial score (nSPS) is 17.5. The van der Waals surface area contributed by atoms with Crippen LogP contribution in [-0.2, 0) is 11.3 Å². The Balaban J connectivity index is 1.68. The molecule has 2 N–H and O–H groups in total. The van der Waals surface area contributed by atoms with Crippen molar-refractivity contribution in [2.45, 2.75) is 58.0 Å². The average molecular weight is 486 g/mol. The van der Waals surface area contributed by atoms with Gasteiger partial charge in [-0.15, -0.1) is 0 Å². The van der Waals surface area contributed by atoms with E-state index >= 15 is 0 Å². The smallest absolute Gasteiger partial charge is 0.323 e. The molecule has 1 heterocycles. The molecule has 0 bridgehead atoms. The number of urea groups is 1. The standard InChI is InChI=1S/C24H28BrN3O3/c1-15-7-8-17(13-21(15)31-3)26-22(29)24(11-5-4-6-12-24)28-14-18-16(2)19(25)9-10-20(18)27-23(28)30/h7-10,13H,4-6,11-12,14H2,1-3H3,(H,26,29)(H,27,30). The van der Waals surface area contributed by atoms with Crippen LogP contribution in [0.25, 0.3) is 0 Å². The Morgan fingerprint density at radius 3 is 2.61 bits per heavy atom. The highest BCUT2D eigenvalue weighted by molar-refractivity contribution is 9.10. The predicted octanol–water partition coefficient (Wildman–Crippen LogP) is 5.76. The first-order valence-corrected chi connectivity index (χ1v) is 11.5. The summed E-state index contributed by atoms with van der Waals surface area (Å²) in [5, 5.41) is 6.08. The minimum atomic E-state index is -0.882. The Morgan fingerprint density at radius 2 is 1.90 bits per heavy atom. The van der Waals surface area contributed by atoms with Gasteiger partial charge in [0.1, 0.15) is 11.3 Å². The molecule has 1 aliphatic heterocycles. The summed E-state index contributed by atoms with van der Waals surface area (Å²) in [6.45, 7) is 4.41. The molecule has 31 heavy (non-hydrogen) atoms. The van der Waals surface area contributed by atoms with E-state index in [1.807, 2.05) is 44.2 Å². The highest BCUT2D eigenvalue weighted by Crippen LogP contribution is 2.40. The maximum atomic E-state index is 13.7. The van der Waals surface area contributed by atoms with Gasteiger partial charge < -0.3 is 20.3 Å². The summed E-state index contributed by atoms with van der Waals surface area (Å²) in [4.78, 5) is 28.6. The number of hydrogen-bond donors (Lipinski definition) is 2. The van der Waals surface area contributed by atoms with E-state index in [1.165, 1.54) is 0 Å². The van der Waals surface area contributed by atoms with Crippen LogP contribution in [0.4, 0.5) is 16.2 Å². The molecule has 7 heteroatoms. The Bertz CT molecular complexity index is 1030. The third kappa shape index (κ3) is 3.91. The lowest BCUT2D eigenvalue weighted by Gasteiger charge is -2.47. The van der Waals surface area contributed by atoms with Gasteiger partial charge in [-0.05, 0) is 61.6 Å². The number of nitrogens with zero attached hydrogens (tertiary/aromatic N) is 1. The maximum absolute atomic E-state index is 13.7. The van der Waals surface area contributed by atoms with Crippen LogP contribution in [-0.4, -0.2) is 29.5 Å². The van der Waals surface area contributed by atoms with E-state index in [9.17, 15) is 9.59 Å². The molecule has 3 amide bonds. The van der Waals surface area contributed by atoms with Crippen LogP contribution >= 0.6 is 15.9 Å². The minimum absolute atomic E-state index is 0.135. The number of ether oxygens (including phenoxy) is 1. The first-order valence-electron chi connectivity index (χ1n) is 10.7. The molecule has 0 spiro atoms. The van der Waals surface area contributed by atoms with E-state index < -0.39 is 5.54 Å². The lowest BCUT2D eigenvalue weighted by atomic mass is 9.78. The van der Waals surface area contributed by atoms with Crippen molar-refractivity contribution in [2.24, 2.45) is 0 Å². The fraction of sp³-hybridized carbons (Fsp3) is 0.417. The number of carbonyl (C=O) groups excluding carboxylic acids is 2. The molecule has 164 valence electrons. The number of anilines is 2. The van der Waals surface area contributed by atoms with Crippen LogP contribution in [0.3, 0.4) is 0 Å². The number of halogens is 1. The van der Waals surface area contributed by atoms with Crippen molar-refractivity contribution >= 4 is 39.2 Å². The van der Waals surface area contributed by atoms with Gasteiger partial charge in [-0.3, -0.25) is 4.79 Å². The molecule has 2 aliphatic rings. The molecule has 2 aromatic carbocycles. The van der Waals surface area contributed by atoms with E-state index in [2.05, 4.69) is 26.6 Å². The van der Waals surface area contributed by atoms with Crippen LogP contribution in [0, 0.1) is 13.8 Å². The molecule has 0 radical (unpaired) electrons. The Morgan fingerprint density at radius 1 is 1.16 bits per heavy atom. The molecule has 1 saturated carbocycles. The summed E-state index contributed by atoms with van der Waals surface area (Å²) in [5.74, 6) is 0.588. The van der Waals surface area contributed by atoms with Gasteiger partial charge in [-0.25, -0.2) is 4.79 Å². The summed E-state index contributed by atoms with van der Waals surface area (Å²) in [6.07, 6.45) is 4.21. The molecule has 1 aliphatic carbocycles. The van der Waals surface area contributed by atoms with Gasteiger partial charge in [-0.2, -0.15) is 0 Å². The van der Waals surface area contributed by atoms with E-state index in [0.717, 1.165) is 51.9 Å². The molecular formula is C24H28BrN3O3. The zero-order valence-electron chi connectivity index (χ0n) is 18.2. The van der Waals surface area contributed by atoms with Gasteiger partial charge >= 0.3 is 6.03 Å². The Kier molecular flexibility index (Phi) is 5.97. The fourth-order valence-corrected chi connectivity index (χ4v) is 5.08. The van der Waals surface area contributed by atoms with Crippen molar-refractivity contribution in [3.63, 3.8) is 0 Å². The highest BCUT2D eigenvalue weighted by Gasteiger charge is 2.48. The monoisotopic (exact) mass is 485 g/mol. The molecule has 0 atom stereocenters. The first kappa shape index (κ1) is 21.7. The summed E-state index contributed by atoms with van der Waals surface area (Å²) in [5.41, 5.74) is 3.74. The van der Waals surface area contributed by atoms with E-state index in [-0.39, 0.29) is 11.9 Å². The van der Waals surface area contributed by atoms with Crippen molar-refractivity contribution in [3.8, 4) is 5.75 Å². The van der Waals surface area contributed by atoms with Crippen LogP contribution < -0.4 is 15.4 Å². The lowest BCUT2D eigenvalue weighted by molar-refractivity contribution is -0.128. The zero-order valence-corrected chi connectivity index (χ0v) is 19.8. The van der Waals surface area contributed by atoms with Gasteiger partial charge in [0.2, 0.25) is 5.91 Å². The van der Waals surface area contributed by atoms with Crippen LogP contribution in [0.15, 0.2) is 34.8 Å². The largest absolute Gasteiger partial charge is 0.496 e. The average Bonchev–Trinajstić information content (AvgIpc) is 2.77. The number of aryl methyl sites for hydroxylation is 1. The summed E-state index contributed by atoms with van der Waals surface area (Å²) in [6, 6.07) is 9.27. The molecule has 0 saturated heterocycles. The fourth-order valence-electron chi connectivity index (χ4n) is 4.71. The number of amides is 3. The minimum Gasteiger partial charge on any atom is -0.496 e. The number of nitrogens with one attached hydrogen (secondary N) is 2. The quantitative estimate of drug-likeness (QED) is 0.577. The highest BCUT2D eigenvalue weighted by atomic mass is 79.9. The molecule has 6 nitrogen and oxygen atoms in total. The second kappa shape index (κ2) is 8.54. The van der Waals surface area contributed by atoms with Crippen molar-refractivity contribution in [1.29, 1.82) is 0 Å². The van der Waals surface area contributed by atoms with Crippen molar-refractivity contribution in [2.75, 3.05) is 17.7 Å². The van der Waals surface area contributed by atoms with Crippen LogP contribution in [0.2, 0.25) is 0 Å². The van der Waals surface area contributed by atoms with Gasteiger partial charge in [-0.1, -0.05) is 41.3 Å². The van der Waals surface area contributed by atoms with Gasteiger partial charge in [0.05, 0.1) is 13.7 Å². The second-order valence-electron chi connectivity index (χ2n) is 8.45. The van der Waals surface area contributed by atoms with Gasteiger partial charge in [0.15, 0.2) is 0 Å². The number of methoxy groups -OCH3 is 1. The molecule has 0 aromatic heterocycles. The summed E-state index contributed by atoms with van der Waals surface area (Å²) in [7, 11) is 1.62. The molecule has 2 aromatic rings. The third-order valence-electron chi connectivity index (χ3n) is 6.62. The van der Waals surface area contributed by atoms with Gasteiger partial charge in [0, 0.05) is 21.9 Å². The topological polar surface area (TPSA) is 70.7 Å². The zero-order chi connectivity index (χ0) is 22.2. The third-order valence-corrected chi connectivity index (χ3v) is 7.48. The molecule has 1 fully saturated rings. The number of hydrogen-bond acceptors (Lipinski definition) is 3. The number of carbonyl (C=O) groups is 2. The number of rotatable bonds is 4. The number of benzene rings is 2. The van der Waals surface area contributed by atoms with Gasteiger partial charge in [0.25, 0.3) is 0 Å². The summed E-state index contributed by atoms with van der Waals surface area (Å²) >= 11 is 3.59. The predicted molar refractivity (Wildman–Crippen MR) is 126 cm³/mol. The SMILES string of the molecule is COc1cc(NC(=O)C2(N3Cc4c(ccc(Br)c4C)NC3=O)CCCCC2)ccc1C. The van der Waals surface area contributed by atoms with Crippen molar-refractivity contribution in [1.82, 2.24) is 4.90 Å². The Hall–Kier alpha value is -2.54. The molecular weight excluding hydrogens is 458 g/mol. The lowest BCUT2D eigenvalue weighted by Crippen LogP contribution is -2.61.